The molecule has 0 amide bonds. The first-order valence-electron chi connectivity index (χ1n) is 7.26. The third kappa shape index (κ3) is 2.98. The van der Waals surface area contributed by atoms with E-state index >= 15 is 0 Å². The minimum atomic E-state index is -2.88. The Balaban J connectivity index is 1.77. The van der Waals surface area contributed by atoms with E-state index in [0.717, 1.165) is 22.7 Å². The number of hydrogen-bond acceptors (Lipinski definition) is 5. The number of alkyl halides is 2. The third-order valence-corrected chi connectivity index (χ3v) is 4.43. The molecule has 3 heterocycles. The Kier molecular flexibility index (Phi) is 3.92. The molecule has 4 aromatic rings. The van der Waals surface area contributed by atoms with Crippen molar-refractivity contribution in [3.63, 3.8) is 0 Å². The van der Waals surface area contributed by atoms with Gasteiger partial charge in [0.1, 0.15) is 21.9 Å². The van der Waals surface area contributed by atoms with Crippen molar-refractivity contribution >= 4 is 22.4 Å². The van der Waals surface area contributed by atoms with Crippen LogP contribution in [0.25, 0.3) is 22.2 Å². The molecule has 9 heteroatoms. The molecule has 0 aliphatic rings. The SMILES string of the molecule is Fc1ccc(-c2cnc3cnn(Cc4nncs4)c3c2)cc1C(F)F. The Morgan fingerprint density at radius 3 is 2.76 bits per heavy atom. The first-order chi connectivity index (χ1) is 12.1. The van der Waals surface area contributed by atoms with Gasteiger partial charge in [0.05, 0.1) is 23.8 Å². The predicted octanol–water partition coefficient (Wildman–Crippen LogP) is 4.07. The maximum atomic E-state index is 13.5. The van der Waals surface area contributed by atoms with Crippen LogP contribution < -0.4 is 0 Å². The first-order valence-corrected chi connectivity index (χ1v) is 8.14. The summed E-state index contributed by atoms with van der Waals surface area (Å²) in [6.07, 6.45) is 0.302. The van der Waals surface area contributed by atoms with Crippen LogP contribution in [0.5, 0.6) is 0 Å². The molecule has 0 fully saturated rings. The number of fused-ring (bicyclic) bond motifs is 1. The zero-order chi connectivity index (χ0) is 17.4. The van der Waals surface area contributed by atoms with Gasteiger partial charge in [0.15, 0.2) is 0 Å². The summed E-state index contributed by atoms with van der Waals surface area (Å²) in [7, 11) is 0. The Bertz CT molecular complexity index is 1030. The third-order valence-electron chi connectivity index (χ3n) is 3.75. The second kappa shape index (κ2) is 6.25. The number of halogens is 3. The van der Waals surface area contributed by atoms with Gasteiger partial charge in [0, 0.05) is 11.8 Å². The normalized spacial score (nSPS) is 11.5. The summed E-state index contributed by atoms with van der Waals surface area (Å²) in [5.74, 6) is -0.922. The molecular weight excluding hydrogens is 351 g/mol. The molecule has 0 saturated heterocycles. The molecule has 0 bridgehead atoms. The van der Waals surface area contributed by atoms with Crippen molar-refractivity contribution in [1.82, 2.24) is 25.0 Å². The highest BCUT2D eigenvalue weighted by Crippen LogP contribution is 2.29. The van der Waals surface area contributed by atoms with Crippen LogP contribution in [-0.4, -0.2) is 25.0 Å². The predicted molar refractivity (Wildman–Crippen MR) is 86.9 cm³/mol. The molecule has 0 aliphatic carbocycles. The van der Waals surface area contributed by atoms with Crippen molar-refractivity contribution in [2.45, 2.75) is 13.0 Å². The monoisotopic (exact) mass is 361 g/mol. The van der Waals surface area contributed by atoms with Gasteiger partial charge in [-0.15, -0.1) is 21.5 Å². The van der Waals surface area contributed by atoms with Crippen LogP contribution in [0.4, 0.5) is 13.2 Å². The lowest BCUT2D eigenvalue weighted by atomic mass is 10.0. The summed E-state index contributed by atoms with van der Waals surface area (Å²) in [6, 6.07) is 5.43. The zero-order valence-electron chi connectivity index (χ0n) is 12.6. The smallest absolute Gasteiger partial charge is 0.256 e. The zero-order valence-corrected chi connectivity index (χ0v) is 13.4. The highest BCUT2D eigenvalue weighted by atomic mass is 32.1. The van der Waals surface area contributed by atoms with Crippen molar-refractivity contribution in [1.29, 1.82) is 0 Å². The van der Waals surface area contributed by atoms with Gasteiger partial charge >= 0.3 is 0 Å². The summed E-state index contributed by atoms with van der Waals surface area (Å²) in [5.41, 5.74) is 3.48. The lowest BCUT2D eigenvalue weighted by molar-refractivity contribution is 0.146. The van der Waals surface area contributed by atoms with E-state index in [1.54, 1.807) is 28.7 Å². The van der Waals surface area contributed by atoms with Crippen LogP contribution >= 0.6 is 11.3 Å². The fourth-order valence-electron chi connectivity index (χ4n) is 2.52. The lowest BCUT2D eigenvalue weighted by Gasteiger charge is -2.07. The molecular formula is C16H10F3N5S. The Labute approximate surface area is 143 Å². The minimum Gasteiger partial charge on any atom is -0.256 e. The van der Waals surface area contributed by atoms with Crippen molar-refractivity contribution in [3.8, 4) is 11.1 Å². The lowest BCUT2D eigenvalue weighted by Crippen LogP contribution is -2.01. The number of aromatic nitrogens is 5. The molecule has 0 radical (unpaired) electrons. The molecule has 0 atom stereocenters. The standard InChI is InChI=1S/C16H10F3N5S/c17-12-2-1-9(3-11(12)16(18)19)10-4-14-13(20-5-10)6-22-24(14)7-15-23-21-8-25-15/h1-6,8,16H,7H2. The molecule has 3 aromatic heterocycles. The summed E-state index contributed by atoms with van der Waals surface area (Å²) >= 11 is 1.41. The highest BCUT2D eigenvalue weighted by Gasteiger charge is 2.15. The van der Waals surface area contributed by atoms with Gasteiger partial charge in [-0.1, -0.05) is 6.07 Å². The molecule has 0 N–H and O–H groups in total. The second-order valence-electron chi connectivity index (χ2n) is 5.30. The number of nitrogens with zero attached hydrogens (tertiary/aromatic N) is 5. The largest absolute Gasteiger partial charge is 0.266 e. The average molecular weight is 361 g/mol. The van der Waals surface area contributed by atoms with Crippen molar-refractivity contribution in [2.75, 3.05) is 0 Å². The van der Waals surface area contributed by atoms with Crippen molar-refractivity contribution in [3.05, 3.63) is 58.6 Å². The molecule has 1 aromatic carbocycles. The van der Waals surface area contributed by atoms with Crippen LogP contribution in [-0.2, 0) is 6.54 Å². The van der Waals surface area contributed by atoms with Gasteiger partial charge in [-0.3, -0.25) is 9.67 Å². The van der Waals surface area contributed by atoms with Gasteiger partial charge in [-0.2, -0.15) is 5.10 Å². The van der Waals surface area contributed by atoms with E-state index < -0.39 is 17.8 Å². The summed E-state index contributed by atoms with van der Waals surface area (Å²) in [6.45, 7) is 0.436. The number of pyridine rings is 1. The molecule has 0 aliphatic heterocycles. The van der Waals surface area contributed by atoms with E-state index in [4.69, 9.17) is 0 Å². The summed E-state index contributed by atoms with van der Waals surface area (Å²) in [5, 5.41) is 12.8. The topological polar surface area (TPSA) is 56.5 Å². The quantitative estimate of drug-likeness (QED) is 0.550. The maximum Gasteiger partial charge on any atom is 0.266 e. The Morgan fingerprint density at radius 1 is 1.12 bits per heavy atom. The molecule has 0 unspecified atom stereocenters. The van der Waals surface area contributed by atoms with Gasteiger partial charge in [-0.25, -0.2) is 13.2 Å². The van der Waals surface area contributed by atoms with Crippen molar-refractivity contribution < 1.29 is 13.2 Å². The summed E-state index contributed by atoms with van der Waals surface area (Å²) < 4.78 is 41.0. The van der Waals surface area contributed by atoms with Gasteiger partial charge in [0.25, 0.3) is 6.43 Å². The van der Waals surface area contributed by atoms with Gasteiger partial charge < -0.3 is 0 Å². The van der Waals surface area contributed by atoms with Crippen LogP contribution in [0.3, 0.4) is 0 Å². The Hall–Kier alpha value is -2.81. The molecule has 4 rings (SSSR count). The second-order valence-corrected chi connectivity index (χ2v) is 6.22. The number of hydrogen-bond donors (Lipinski definition) is 0. The van der Waals surface area contributed by atoms with E-state index in [0.29, 0.717) is 23.2 Å². The van der Waals surface area contributed by atoms with E-state index in [2.05, 4.69) is 20.3 Å². The highest BCUT2D eigenvalue weighted by molar-refractivity contribution is 7.09. The number of rotatable bonds is 4. The van der Waals surface area contributed by atoms with Crippen LogP contribution in [0.15, 0.2) is 42.2 Å². The van der Waals surface area contributed by atoms with Crippen molar-refractivity contribution in [2.24, 2.45) is 0 Å². The van der Waals surface area contributed by atoms with Crippen LogP contribution in [0.2, 0.25) is 0 Å². The summed E-state index contributed by atoms with van der Waals surface area (Å²) in [4.78, 5) is 4.31. The number of benzene rings is 1. The van der Waals surface area contributed by atoms with E-state index in [1.165, 1.54) is 17.4 Å². The fraction of sp³-hybridized carbons (Fsp3) is 0.125. The molecule has 5 nitrogen and oxygen atoms in total. The van der Waals surface area contributed by atoms with Gasteiger partial charge in [-0.05, 0) is 23.8 Å². The van der Waals surface area contributed by atoms with E-state index in [-0.39, 0.29) is 0 Å². The molecule has 25 heavy (non-hydrogen) atoms. The van der Waals surface area contributed by atoms with Gasteiger partial charge in [0.2, 0.25) is 0 Å². The van der Waals surface area contributed by atoms with Crippen LogP contribution in [0, 0.1) is 5.82 Å². The first kappa shape index (κ1) is 15.7. The molecule has 0 spiro atoms. The average Bonchev–Trinajstić information content (AvgIpc) is 3.25. The van der Waals surface area contributed by atoms with Crippen LogP contribution in [0.1, 0.15) is 17.0 Å². The molecule has 0 saturated carbocycles. The maximum absolute atomic E-state index is 13.5. The van der Waals surface area contributed by atoms with E-state index in [1.807, 2.05) is 0 Å². The minimum absolute atomic E-state index is 0.436. The Morgan fingerprint density at radius 2 is 2.00 bits per heavy atom. The van der Waals surface area contributed by atoms with E-state index in [9.17, 15) is 13.2 Å². The fourth-order valence-corrected chi connectivity index (χ4v) is 3.03. The molecule has 126 valence electrons.